The molecular formula is C13H22O4S. The van der Waals surface area contributed by atoms with E-state index in [2.05, 4.69) is 0 Å². The highest BCUT2D eigenvalue weighted by Gasteiger charge is 2.46. The van der Waals surface area contributed by atoms with Gasteiger partial charge in [0, 0.05) is 35.5 Å². The fourth-order valence-electron chi connectivity index (χ4n) is 2.50. The molecule has 0 N–H and O–H groups in total. The van der Waals surface area contributed by atoms with Gasteiger partial charge < -0.3 is 9.47 Å². The molecule has 1 saturated carbocycles. The molecule has 1 heterocycles. The average molecular weight is 274 g/mol. The molecule has 2 rings (SSSR count). The van der Waals surface area contributed by atoms with Gasteiger partial charge in [0.05, 0.1) is 13.5 Å². The molecule has 1 saturated heterocycles. The number of carbonyl (C=O) groups excluding carboxylic acids is 1. The quantitative estimate of drug-likeness (QED) is 0.689. The molecule has 0 aromatic carbocycles. The fraction of sp³-hybridized carbons (Fsp3) is 0.923. The van der Waals surface area contributed by atoms with Crippen molar-refractivity contribution in [2.45, 2.75) is 32.1 Å². The molecule has 0 radical (unpaired) electrons. The van der Waals surface area contributed by atoms with Gasteiger partial charge in [-0.05, 0) is 37.0 Å². The van der Waals surface area contributed by atoms with Crippen molar-refractivity contribution in [1.82, 2.24) is 0 Å². The van der Waals surface area contributed by atoms with Crippen LogP contribution in [-0.4, -0.2) is 42.0 Å². The summed E-state index contributed by atoms with van der Waals surface area (Å²) in [5, 5.41) is 0. The van der Waals surface area contributed by atoms with Crippen LogP contribution in [0.1, 0.15) is 32.1 Å². The van der Waals surface area contributed by atoms with Gasteiger partial charge in [0.2, 0.25) is 0 Å². The first-order valence-electron chi connectivity index (χ1n) is 6.63. The van der Waals surface area contributed by atoms with Crippen molar-refractivity contribution in [3.05, 3.63) is 0 Å². The van der Waals surface area contributed by atoms with Crippen LogP contribution < -0.4 is 0 Å². The summed E-state index contributed by atoms with van der Waals surface area (Å²) in [5.74, 6) is 1.80. The van der Waals surface area contributed by atoms with Gasteiger partial charge in [-0.3, -0.25) is 9.00 Å². The van der Waals surface area contributed by atoms with Gasteiger partial charge in [-0.1, -0.05) is 0 Å². The second kappa shape index (κ2) is 6.15. The summed E-state index contributed by atoms with van der Waals surface area (Å²) in [6.07, 6.45) is 4.51. The van der Waals surface area contributed by atoms with Crippen LogP contribution in [0.4, 0.5) is 0 Å². The van der Waals surface area contributed by atoms with Crippen LogP contribution in [0.5, 0.6) is 0 Å². The van der Waals surface area contributed by atoms with Gasteiger partial charge in [0.1, 0.15) is 0 Å². The van der Waals surface area contributed by atoms with Gasteiger partial charge >= 0.3 is 5.97 Å². The van der Waals surface area contributed by atoms with E-state index >= 15 is 0 Å². The smallest absolute Gasteiger partial charge is 0.306 e. The molecule has 5 heteroatoms. The van der Waals surface area contributed by atoms with Crippen LogP contribution in [0, 0.1) is 11.3 Å². The molecule has 0 spiro atoms. The van der Waals surface area contributed by atoms with Gasteiger partial charge in [-0.25, -0.2) is 0 Å². The zero-order valence-corrected chi connectivity index (χ0v) is 11.8. The lowest BCUT2D eigenvalue weighted by Gasteiger charge is -2.22. The maximum Gasteiger partial charge on any atom is 0.306 e. The highest BCUT2D eigenvalue weighted by Crippen LogP contribution is 2.49. The minimum atomic E-state index is -0.806. The molecule has 2 aliphatic rings. The fourth-order valence-corrected chi connectivity index (χ4v) is 4.55. The normalized spacial score (nSPS) is 24.5. The Bertz CT molecular complexity index is 319. The Morgan fingerprint density at radius 1 is 1.39 bits per heavy atom. The van der Waals surface area contributed by atoms with E-state index < -0.39 is 10.8 Å². The first-order chi connectivity index (χ1) is 8.63. The molecule has 0 amide bonds. The first kappa shape index (κ1) is 14.0. The van der Waals surface area contributed by atoms with Gasteiger partial charge in [-0.15, -0.1) is 0 Å². The van der Waals surface area contributed by atoms with Gasteiger partial charge in [-0.2, -0.15) is 0 Å². The highest BCUT2D eigenvalue weighted by atomic mass is 32.2. The summed E-state index contributed by atoms with van der Waals surface area (Å²) in [6, 6.07) is 0. The van der Waals surface area contributed by atoms with E-state index in [9.17, 15) is 9.00 Å². The minimum absolute atomic E-state index is 0.0108. The molecule has 1 aliphatic carbocycles. The predicted octanol–water partition coefficient (Wildman–Crippen LogP) is 1.50. The van der Waals surface area contributed by atoms with Crippen LogP contribution in [0.25, 0.3) is 0 Å². The third-order valence-electron chi connectivity index (χ3n) is 3.93. The maximum atomic E-state index is 12.2. The molecule has 18 heavy (non-hydrogen) atoms. The van der Waals surface area contributed by atoms with Gasteiger partial charge in [0.15, 0.2) is 0 Å². The summed E-state index contributed by atoms with van der Waals surface area (Å²) in [4.78, 5) is 11.3. The molecular weight excluding hydrogens is 252 g/mol. The van der Waals surface area contributed by atoms with E-state index in [4.69, 9.17) is 9.47 Å². The Labute approximate surface area is 111 Å². The monoisotopic (exact) mass is 274 g/mol. The Hall–Kier alpha value is -0.420. The summed E-state index contributed by atoms with van der Waals surface area (Å²) in [5.41, 5.74) is -0.0108. The number of methoxy groups -OCH3 is 1. The Morgan fingerprint density at radius 2 is 2.06 bits per heavy atom. The number of hydrogen-bond donors (Lipinski definition) is 0. The maximum absolute atomic E-state index is 12.2. The molecule has 1 atom stereocenters. The van der Waals surface area contributed by atoms with E-state index in [-0.39, 0.29) is 11.4 Å². The summed E-state index contributed by atoms with van der Waals surface area (Å²) in [6.45, 7) is 1.60. The number of carbonyl (C=O) groups is 1. The molecule has 0 aromatic rings. The van der Waals surface area contributed by atoms with Crippen LogP contribution in [-0.2, 0) is 25.1 Å². The third-order valence-corrected chi connectivity index (χ3v) is 5.71. The number of hydrogen-bond acceptors (Lipinski definition) is 4. The minimum Gasteiger partial charge on any atom is -0.469 e. The van der Waals surface area contributed by atoms with Crippen LogP contribution in [0.15, 0.2) is 0 Å². The van der Waals surface area contributed by atoms with Crippen molar-refractivity contribution in [3.8, 4) is 0 Å². The number of ether oxygens (including phenoxy) is 2. The summed E-state index contributed by atoms with van der Waals surface area (Å²) in [7, 11) is 0.608. The molecule has 104 valence electrons. The zero-order valence-electron chi connectivity index (χ0n) is 11.0. The van der Waals surface area contributed by atoms with E-state index in [0.717, 1.165) is 44.6 Å². The molecule has 2 fully saturated rings. The second-order valence-electron chi connectivity index (χ2n) is 5.56. The van der Waals surface area contributed by atoms with Crippen molar-refractivity contribution in [3.63, 3.8) is 0 Å². The lowest BCUT2D eigenvalue weighted by Crippen LogP contribution is -2.25. The number of rotatable bonds is 6. The molecule has 1 aliphatic heterocycles. The SMILES string of the molecule is COC(=O)CC1(CS(=O)CC2CCOCC2)CC1. The van der Waals surface area contributed by atoms with Gasteiger partial charge in [0.25, 0.3) is 0 Å². The van der Waals surface area contributed by atoms with Crippen molar-refractivity contribution in [1.29, 1.82) is 0 Å². The van der Waals surface area contributed by atoms with E-state index in [1.807, 2.05) is 0 Å². The van der Waals surface area contributed by atoms with E-state index in [1.54, 1.807) is 0 Å². The topological polar surface area (TPSA) is 52.6 Å². The predicted molar refractivity (Wildman–Crippen MR) is 69.7 cm³/mol. The molecule has 0 aromatic heterocycles. The van der Waals surface area contributed by atoms with Crippen molar-refractivity contribution < 1.29 is 18.5 Å². The van der Waals surface area contributed by atoms with E-state index in [1.165, 1.54) is 7.11 Å². The molecule has 1 unspecified atom stereocenters. The molecule has 0 bridgehead atoms. The van der Waals surface area contributed by atoms with Crippen molar-refractivity contribution >= 4 is 16.8 Å². The Morgan fingerprint density at radius 3 is 2.61 bits per heavy atom. The third kappa shape index (κ3) is 4.05. The average Bonchev–Trinajstić information content (AvgIpc) is 3.09. The van der Waals surface area contributed by atoms with Crippen molar-refractivity contribution in [2.75, 3.05) is 31.8 Å². The van der Waals surface area contributed by atoms with Crippen LogP contribution in [0.2, 0.25) is 0 Å². The zero-order chi connectivity index (χ0) is 13.0. The summed E-state index contributed by atoms with van der Waals surface area (Å²) >= 11 is 0. The second-order valence-corrected chi connectivity index (χ2v) is 7.06. The Balaban J connectivity index is 1.74. The van der Waals surface area contributed by atoms with Crippen LogP contribution >= 0.6 is 0 Å². The van der Waals surface area contributed by atoms with E-state index in [0.29, 0.717) is 18.1 Å². The lowest BCUT2D eigenvalue weighted by molar-refractivity contribution is -0.141. The largest absolute Gasteiger partial charge is 0.469 e. The first-order valence-corrected chi connectivity index (χ1v) is 8.12. The number of esters is 1. The molecule has 4 nitrogen and oxygen atoms in total. The van der Waals surface area contributed by atoms with Crippen LogP contribution in [0.3, 0.4) is 0 Å². The van der Waals surface area contributed by atoms with Crippen molar-refractivity contribution in [2.24, 2.45) is 11.3 Å². The summed E-state index contributed by atoms with van der Waals surface area (Å²) < 4.78 is 22.2. The lowest BCUT2D eigenvalue weighted by atomic mass is 10.0. The Kier molecular flexibility index (Phi) is 4.78. The highest BCUT2D eigenvalue weighted by molar-refractivity contribution is 7.85. The standard InChI is InChI=1S/C13H22O4S/c1-16-12(14)8-13(4-5-13)10-18(15)9-11-2-6-17-7-3-11/h11H,2-10H2,1H3.